The predicted molar refractivity (Wildman–Crippen MR) is 79.3 cm³/mol. The van der Waals surface area contributed by atoms with Gasteiger partial charge in [0.15, 0.2) is 5.90 Å². The van der Waals surface area contributed by atoms with Gasteiger partial charge in [-0.15, -0.1) is 0 Å². The van der Waals surface area contributed by atoms with Crippen LogP contribution in [0.4, 0.5) is 17.6 Å². The van der Waals surface area contributed by atoms with Gasteiger partial charge in [-0.3, -0.25) is 10.8 Å². The van der Waals surface area contributed by atoms with Crippen molar-refractivity contribution in [3.05, 3.63) is 29.8 Å². The quantitative estimate of drug-likeness (QED) is 0.303. The first-order chi connectivity index (χ1) is 11.1. The normalized spacial score (nSPS) is 13.9. The molecular formula is C15H18F4N2O3. The van der Waals surface area contributed by atoms with Gasteiger partial charge in [-0.1, -0.05) is 12.1 Å². The first kappa shape index (κ1) is 19.9. The summed E-state index contributed by atoms with van der Waals surface area (Å²) >= 11 is 0. The van der Waals surface area contributed by atoms with Crippen molar-refractivity contribution in [3.63, 3.8) is 0 Å². The number of alkyl halides is 4. The van der Waals surface area contributed by atoms with Gasteiger partial charge in [0.05, 0.1) is 6.61 Å². The third-order valence-electron chi connectivity index (χ3n) is 2.86. The molecule has 0 aromatic heterocycles. The van der Waals surface area contributed by atoms with Crippen LogP contribution in [-0.4, -0.2) is 35.9 Å². The van der Waals surface area contributed by atoms with Crippen LogP contribution in [0.15, 0.2) is 24.3 Å². The molecule has 2 atom stereocenters. The number of aliphatic hydroxyl groups excluding tert-OH is 1. The van der Waals surface area contributed by atoms with E-state index in [2.05, 4.69) is 4.74 Å². The molecule has 1 rings (SSSR count). The molecule has 0 radical (unpaired) electrons. The molecule has 0 spiro atoms. The Balaban J connectivity index is 2.63. The molecule has 3 N–H and O–H groups in total. The van der Waals surface area contributed by atoms with Gasteiger partial charge >= 0.3 is 6.18 Å². The van der Waals surface area contributed by atoms with Gasteiger partial charge in [-0.25, -0.2) is 4.39 Å². The zero-order chi connectivity index (χ0) is 18.3. The molecule has 0 bridgehead atoms. The van der Waals surface area contributed by atoms with Crippen molar-refractivity contribution in [2.24, 2.45) is 0 Å². The molecule has 9 heteroatoms. The lowest BCUT2D eigenvalue weighted by Crippen LogP contribution is -2.26. The second-order valence-corrected chi connectivity index (χ2v) is 5.01. The topological polar surface area (TPSA) is 86.4 Å². The van der Waals surface area contributed by atoms with Crippen molar-refractivity contribution in [2.75, 3.05) is 6.61 Å². The van der Waals surface area contributed by atoms with Crippen molar-refractivity contribution in [1.29, 1.82) is 10.8 Å². The molecule has 0 fully saturated rings. The summed E-state index contributed by atoms with van der Waals surface area (Å²) in [5.74, 6) is -1.13. The smallest absolute Gasteiger partial charge is 0.389 e. The fourth-order valence-corrected chi connectivity index (χ4v) is 1.78. The van der Waals surface area contributed by atoms with E-state index in [4.69, 9.17) is 15.6 Å². The average Bonchev–Trinajstić information content (AvgIpc) is 2.49. The molecule has 134 valence electrons. The molecule has 0 heterocycles. The summed E-state index contributed by atoms with van der Waals surface area (Å²) in [7, 11) is 0. The maximum atomic E-state index is 13.9. The third-order valence-corrected chi connectivity index (χ3v) is 2.86. The van der Waals surface area contributed by atoms with Crippen LogP contribution in [0.5, 0.6) is 5.75 Å². The summed E-state index contributed by atoms with van der Waals surface area (Å²) in [5.41, 5.74) is 0.0757. The van der Waals surface area contributed by atoms with Gasteiger partial charge in [0.1, 0.15) is 11.9 Å². The zero-order valence-corrected chi connectivity index (χ0v) is 12.9. The van der Waals surface area contributed by atoms with Gasteiger partial charge < -0.3 is 14.6 Å². The van der Waals surface area contributed by atoms with Crippen LogP contribution in [0.3, 0.4) is 0 Å². The Bertz CT molecular complexity index is 578. The van der Waals surface area contributed by atoms with Crippen LogP contribution in [-0.2, 0) is 4.74 Å². The molecule has 0 saturated heterocycles. The highest BCUT2D eigenvalue weighted by atomic mass is 19.4. The minimum Gasteiger partial charge on any atom is -0.494 e. The van der Waals surface area contributed by atoms with E-state index in [1.54, 1.807) is 0 Å². The standard InChI is InChI=1S/C15H18F4N2O3/c1-9(20)24-14(21)12(16)13(22)10-4-2-5-11(8-10)23-7-3-6-15(17,18)19/h2,4-5,8,12-13,20-22H,3,6-7H2,1H3. The molecule has 0 aliphatic rings. The Hall–Kier alpha value is -2.16. The molecule has 0 aliphatic carbocycles. The highest BCUT2D eigenvalue weighted by Crippen LogP contribution is 2.25. The first-order valence-electron chi connectivity index (χ1n) is 7.03. The largest absolute Gasteiger partial charge is 0.494 e. The molecular weight excluding hydrogens is 332 g/mol. The Kier molecular flexibility index (Phi) is 7.15. The number of hydrogen-bond donors (Lipinski definition) is 3. The predicted octanol–water partition coefficient (Wildman–Crippen LogP) is 3.77. The van der Waals surface area contributed by atoms with Crippen LogP contribution in [0.1, 0.15) is 31.4 Å². The molecule has 0 amide bonds. The summed E-state index contributed by atoms with van der Waals surface area (Å²) in [4.78, 5) is 0. The van der Waals surface area contributed by atoms with Crippen LogP contribution in [0, 0.1) is 10.8 Å². The summed E-state index contributed by atoms with van der Waals surface area (Å²) in [6, 6.07) is 5.55. The Morgan fingerprint density at radius 2 is 1.96 bits per heavy atom. The third kappa shape index (κ3) is 6.95. The minimum absolute atomic E-state index is 0.0757. The van der Waals surface area contributed by atoms with E-state index in [9.17, 15) is 22.7 Å². The Morgan fingerprint density at radius 1 is 1.29 bits per heavy atom. The number of hydrogen-bond acceptors (Lipinski definition) is 5. The second kappa shape index (κ2) is 8.62. The van der Waals surface area contributed by atoms with E-state index in [0.29, 0.717) is 0 Å². The fourth-order valence-electron chi connectivity index (χ4n) is 1.78. The lowest BCUT2D eigenvalue weighted by Gasteiger charge is -2.17. The number of nitrogens with one attached hydrogen (secondary N) is 2. The van der Waals surface area contributed by atoms with Crippen LogP contribution in [0.25, 0.3) is 0 Å². The SMILES string of the molecule is CC(=N)OC(=N)C(F)C(O)c1cccc(OCCCC(F)(F)F)c1. The number of aliphatic hydroxyl groups is 1. The second-order valence-electron chi connectivity index (χ2n) is 5.01. The first-order valence-corrected chi connectivity index (χ1v) is 7.03. The van der Waals surface area contributed by atoms with E-state index in [-0.39, 0.29) is 24.3 Å². The van der Waals surface area contributed by atoms with Gasteiger partial charge in [-0.05, 0) is 24.1 Å². The average molecular weight is 350 g/mol. The maximum Gasteiger partial charge on any atom is 0.389 e. The molecule has 0 aliphatic heterocycles. The van der Waals surface area contributed by atoms with Crippen molar-refractivity contribution >= 4 is 11.8 Å². The van der Waals surface area contributed by atoms with Crippen molar-refractivity contribution in [3.8, 4) is 5.75 Å². The van der Waals surface area contributed by atoms with E-state index < -0.39 is 36.7 Å². The van der Waals surface area contributed by atoms with Gasteiger partial charge in [0.2, 0.25) is 12.1 Å². The number of rotatable bonds is 7. The van der Waals surface area contributed by atoms with E-state index in [1.807, 2.05) is 0 Å². The molecule has 2 unspecified atom stereocenters. The Morgan fingerprint density at radius 3 is 2.54 bits per heavy atom. The molecule has 24 heavy (non-hydrogen) atoms. The fraction of sp³-hybridized carbons (Fsp3) is 0.467. The van der Waals surface area contributed by atoms with Crippen molar-refractivity contribution in [1.82, 2.24) is 0 Å². The van der Waals surface area contributed by atoms with E-state index in [1.165, 1.54) is 31.2 Å². The van der Waals surface area contributed by atoms with Crippen LogP contribution < -0.4 is 4.74 Å². The van der Waals surface area contributed by atoms with Crippen LogP contribution >= 0.6 is 0 Å². The minimum atomic E-state index is -4.25. The molecule has 1 aromatic rings. The number of halogens is 4. The summed E-state index contributed by atoms with van der Waals surface area (Å²) in [5, 5.41) is 24.2. The highest BCUT2D eigenvalue weighted by Gasteiger charge is 2.28. The lowest BCUT2D eigenvalue weighted by atomic mass is 10.0. The summed E-state index contributed by atoms with van der Waals surface area (Å²) in [6.07, 6.45) is -9.37. The van der Waals surface area contributed by atoms with E-state index >= 15 is 0 Å². The van der Waals surface area contributed by atoms with Crippen molar-refractivity contribution < 1.29 is 32.1 Å². The van der Waals surface area contributed by atoms with Crippen molar-refractivity contribution in [2.45, 2.75) is 38.2 Å². The lowest BCUT2D eigenvalue weighted by molar-refractivity contribution is -0.136. The summed E-state index contributed by atoms with van der Waals surface area (Å²) in [6.45, 7) is 1.03. The highest BCUT2D eigenvalue weighted by molar-refractivity contribution is 5.90. The van der Waals surface area contributed by atoms with Crippen LogP contribution in [0.2, 0.25) is 0 Å². The molecule has 1 aromatic carbocycles. The monoisotopic (exact) mass is 350 g/mol. The van der Waals surface area contributed by atoms with Gasteiger partial charge in [0.25, 0.3) is 0 Å². The molecule has 0 saturated carbocycles. The van der Waals surface area contributed by atoms with Gasteiger partial charge in [-0.2, -0.15) is 13.2 Å². The van der Waals surface area contributed by atoms with Gasteiger partial charge in [0, 0.05) is 13.3 Å². The zero-order valence-electron chi connectivity index (χ0n) is 12.9. The number of ether oxygens (including phenoxy) is 2. The maximum absolute atomic E-state index is 13.9. The summed E-state index contributed by atoms with van der Waals surface area (Å²) < 4.78 is 59.7. The van der Waals surface area contributed by atoms with E-state index in [0.717, 1.165) is 0 Å². The molecule has 5 nitrogen and oxygen atoms in total. The Labute approximate surface area is 136 Å². The number of benzene rings is 1.